The van der Waals surface area contributed by atoms with Crippen LogP contribution in [0.1, 0.15) is 54.4 Å². The summed E-state index contributed by atoms with van der Waals surface area (Å²) >= 11 is 6.29. The zero-order valence-corrected chi connectivity index (χ0v) is 23.3. The van der Waals surface area contributed by atoms with Crippen LogP contribution in [0.25, 0.3) is 0 Å². The van der Waals surface area contributed by atoms with Gasteiger partial charge < -0.3 is 15.0 Å². The minimum atomic E-state index is -0.835. The van der Waals surface area contributed by atoms with Crippen molar-refractivity contribution in [2.75, 3.05) is 6.61 Å². The number of amides is 2. The van der Waals surface area contributed by atoms with Crippen molar-refractivity contribution in [2.24, 2.45) is 0 Å². The molecule has 1 N–H and O–H groups in total. The fourth-order valence-corrected chi connectivity index (χ4v) is 5.24. The Morgan fingerprint density at radius 1 is 1.00 bits per heavy atom. The monoisotopic (exact) mass is 550 g/mol. The van der Waals surface area contributed by atoms with E-state index >= 15 is 0 Å². The lowest BCUT2D eigenvalue weighted by Crippen LogP contribution is -2.53. The maximum absolute atomic E-state index is 14.8. The normalized spacial score (nSPS) is 14.5. The third kappa shape index (κ3) is 7.82. The van der Waals surface area contributed by atoms with Crippen LogP contribution in [0.15, 0.2) is 66.7 Å². The third-order valence-corrected chi connectivity index (χ3v) is 7.89. The van der Waals surface area contributed by atoms with E-state index in [2.05, 4.69) is 5.32 Å². The maximum Gasteiger partial charge on any atom is 0.261 e. The van der Waals surface area contributed by atoms with E-state index in [1.165, 1.54) is 17.4 Å². The minimum Gasteiger partial charge on any atom is -0.484 e. The van der Waals surface area contributed by atoms with E-state index < -0.39 is 17.8 Å². The van der Waals surface area contributed by atoms with Crippen molar-refractivity contribution in [1.82, 2.24) is 10.2 Å². The lowest BCUT2D eigenvalue weighted by Gasteiger charge is -2.33. The van der Waals surface area contributed by atoms with Gasteiger partial charge in [-0.3, -0.25) is 9.59 Å². The largest absolute Gasteiger partial charge is 0.484 e. The van der Waals surface area contributed by atoms with E-state index in [0.29, 0.717) is 22.8 Å². The van der Waals surface area contributed by atoms with E-state index in [0.717, 1.165) is 42.4 Å². The number of hydrogen-bond acceptors (Lipinski definition) is 3. The lowest BCUT2D eigenvalue weighted by molar-refractivity contribution is -0.143. The molecule has 5 nitrogen and oxygen atoms in total. The number of nitrogens with zero attached hydrogens (tertiary/aromatic N) is 1. The Morgan fingerprint density at radius 3 is 2.31 bits per heavy atom. The van der Waals surface area contributed by atoms with Crippen LogP contribution < -0.4 is 10.1 Å². The van der Waals surface area contributed by atoms with Crippen molar-refractivity contribution in [1.29, 1.82) is 0 Å². The summed E-state index contributed by atoms with van der Waals surface area (Å²) in [4.78, 5) is 29.0. The van der Waals surface area contributed by atoms with Crippen molar-refractivity contribution in [3.8, 4) is 5.75 Å². The first-order valence-electron chi connectivity index (χ1n) is 13.6. The van der Waals surface area contributed by atoms with Gasteiger partial charge in [-0.05, 0) is 61.6 Å². The number of carbonyl (C=O) groups excluding carboxylic acids is 2. The molecule has 4 rings (SSSR count). The number of rotatable bonds is 10. The molecule has 3 aromatic rings. The van der Waals surface area contributed by atoms with Crippen molar-refractivity contribution >= 4 is 23.4 Å². The van der Waals surface area contributed by atoms with Crippen LogP contribution >= 0.6 is 11.6 Å². The van der Waals surface area contributed by atoms with Gasteiger partial charge in [0, 0.05) is 29.6 Å². The number of carbonyl (C=O) groups is 2. The second-order valence-electron chi connectivity index (χ2n) is 10.3. The average Bonchev–Trinajstić information content (AvgIpc) is 2.94. The van der Waals surface area contributed by atoms with Gasteiger partial charge in [-0.2, -0.15) is 0 Å². The zero-order valence-electron chi connectivity index (χ0n) is 22.6. The molecular formula is C32H36ClFN2O3. The molecule has 1 unspecified atom stereocenters. The summed E-state index contributed by atoms with van der Waals surface area (Å²) in [7, 11) is 0. The first kappa shape index (κ1) is 28.6. The molecule has 3 aromatic carbocycles. The molecule has 1 atom stereocenters. The molecule has 0 aliphatic heterocycles. The average molecular weight is 551 g/mol. The smallest absolute Gasteiger partial charge is 0.261 e. The van der Waals surface area contributed by atoms with E-state index in [-0.39, 0.29) is 25.1 Å². The molecule has 1 aliphatic rings. The summed E-state index contributed by atoms with van der Waals surface area (Å²) in [6.45, 7) is 3.40. The van der Waals surface area contributed by atoms with Crippen LogP contribution in [0.5, 0.6) is 5.75 Å². The molecular weight excluding hydrogens is 515 g/mol. The van der Waals surface area contributed by atoms with E-state index in [1.54, 1.807) is 30.3 Å². The van der Waals surface area contributed by atoms with Gasteiger partial charge in [-0.25, -0.2) is 4.39 Å². The summed E-state index contributed by atoms with van der Waals surface area (Å²) in [6, 6.07) is 18.7. The van der Waals surface area contributed by atoms with Crippen LogP contribution in [0, 0.1) is 19.7 Å². The van der Waals surface area contributed by atoms with Crippen LogP contribution in [0.3, 0.4) is 0 Å². The molecule has 0 spiro atoms. The highest BCUT2D eigenvalue weighted by Gasteiger charge is 2.32. The standard InChI is InChI=1S/C32H36ClFN2O3/c1-22-17-27(18-23(2)31(22)33)39-21-30(37)36(20-25-13-9-10-16-28(25)34)29(19-24-11-5-3-6-12-24)32(38)35-26-14-7-4-8-15-26/h3,5-6,9-13,16-18,26,29H,4,7-8,14-15,19-21H2,1-2H3,(H,35,38). The van der Waals surface area contributed by atoms with Crippen LogP contribution in [-0.4, -0.2) is 35.4 Å². The van der Waals surface area contributed by atoms with Crippen LogP contribution in [0.2, 0.25) is 5.02 Å². The lowest BCUT2D eigenvalue weighted by atomic mass is 9.94. The van der Waals surface area contributed by atoms with E-state index in [9.17, 15) is 14.0 Å². The highest BCUT2D eigenvalue weighted by atomic mass is 35.5. The Labute approximate surface area is 235 Å². The van der Waals surface area contributed by atoms with E-state index in [1.807, 2.05) is 44.2 Å². The summed E-state index contributed by atoms with van der Waals surface area (Å²) in [5, 5.41) is 3.84. The van der Waals surface area contributed by atoms with Gasteiger partial charge in [0.25, 0.3) is 5.91 Å². The van der Waals surface area contributed by atoms with Crippen molar-refractivity contribution < 1.29 is 18.7 Å². The van der Waals surface area contributed by atoms with Gasteiger partial charge in [0.05, 0.1) is 0 Å². The highest BCUT2D eigenvalue weighted by Crippen LogP contribution is 2.26. The highest BCUT2D eigenvalue weighted by molar-refractivity contribution is 6.32. The topological polar surface area (TPSA) is 58.6 Å². The Morgan fingerprint density at radius 2 is 1.64 bits per heavy atom. The van der Waals surface area contributed by atoms with Gasteiger partial charge in [0.1, 0.15) is 17.6 Å². The minimum absolute atomic E-state index is 0.0525. The van der Waals surface area contributed by atoms with Crippen LogP contribution in [-0.2, 0) is 22.6 Å². The quantitative estimate of drug-likeness (QED) is 0.311. The molecule has 39 heavy (non-hydrogen) atoms. The zero-order chi connectivity index (χ0) is 27.8. The molecule has 1 aliphatic carbocycles. The Bertz CT molecular complexity index is 1250. The number of aryl methyl sites for hydroxylation is 2. The second-order valence-corrected chi connectivity index (χ2v) is 10.7. The van der Waals surface area contributed by atoms with E-state index in [4.69, 9.17) is 16.3 Å². The van der Waals surface area contributed by atoms with Crippen molar-refractivity contribution in [3.05, 3.63) is 99.8 Å². The maximum atomic E-state index is 14.8. The number of benzene rings is 3. The van der Waals surface area contributed by atoms with Gasteiger partial charge in [0.2, 0.25) is 5.91 Å². The molecule has 0 radical (unpaired) electrons. The number of halogens is 2. The second kappa shape index (κ2) is 13.6. The van der Waals surface area contributed by atoms with Gasteiger partial charge >= 0.3 is 0 Å². The Kier molecular flexibility index (Phi) is 9.99. The molecule has 206 valence electrons. The summed E-state index contributed by atoms with van der Waals surface area (Å²) in [5.74, 6) is -0.539. The Balaban J connectivity index is 1.63. The first-order chi connectivity index (χ1) is 18.8. The third-order valence-electron chi connectivity index (χ3n) is 7.29. The molecule has 2 amide bonds. The summed E-state index contributed by atoms with van der Waals surface area (Å²) in [6.07, 6.45) is 5.45. The summed E-state index contributed by atoms with van der Waals surface area (Å²) < 4.78 is 20.7. The van der Waals surface area contributed by atoms with Gasteiger partial charge in [0.15, 0.2) is 6.61 Å². The van der Waals surface area contributed by atoms with Crippen molar-refractivity contribution in [3.63, 3.8) is 0 Å². The van der Waals surface area contributed by atoms with Crippen molar-refractivity contribution in [2.45, 2.75) is 71.0 Å². The number of ether oxygens (including phenoxy) is 1. The summed E-state index contributed by atoms with van der Waals surface area (Å²) in [5.41, 5.74) is 2.94. The predicted molar refractivity (Wildman–Crippen MR) is 152 cm³/mol. The first-order valence-corrected chi connectivity index (χ1v) is 14.0. The predicted octanol–water partition coefficient (Wildman–Crippen LogP) is 6.56. The van der Waals surface area contributed by atoms with Gasteiger partial charge in [-0.1, -0.05) is 79.4 Å². The SMILES string of the molecule is Cc1cc(OCC(=O)N(Cc2ccccc2F)C(Cc2ccccc2)C(=O)NC2CCCCC2)cc(C)c1Cl. The van der Waals surface area contributed by atoms with Crippen LogP contribution in [0.4, 0.5) is 4.39 Å². The molecule has 1 saturated carbocycles. The molecule has 7 heteroatoms. The molecule has 0 heterocycles. The fourth-order valence-electron chi connectivity index (χ4n) is 5.13. The number of hydrogen-bond donors (Lipinski definition) is 1. The molecule has 0 bridgehead atoms. The fraction of sp³-hybridized carbons (Fsp3) is 0.375. The van der Waals surface area contributed by atoms with Gasteiger partial charge in [-0.15, -0.1) is 0 Å². The number of nitrogens with one attached hydrogen (secondary N) is 1. The molecule has 1 fully saturated rings. The molecule has 0 saturated heterocycles. The molecule has 0 aromatic heterocycles. The Hall–Kier alpha value is -3.38.